The molecule has 1 aromatic heterocycles. The van der Waals surface area contributed by atoms with E-state index < -0.39 is 0 Å². The van der Waals surface area contributed by atoms with Gasteiger partial charge in [0.1, 0.15) is 12.7 Å². The van der Waals surface area contributed by atoms with Crippen molar-refractivity contribution in [2.75, 3.05) is 13.1 Å². The van der Waals surface area contributed by atoms with Crippen LogP contribution in [-0.4, -0.2) is 27.9 Å². The number of hydrogen-bond acceptors (Lipinski definition) is 3. The zero-order valence-corrected chi connectivity index (χ0v) is 13.0. The molecule has 2 aliphatic rings. The zero-order valence-electron chi connectivity index (χ0n) is 11.5. The van der Waals surface area contributed by atoms with E-state index in [9.17, 15) is 0 Å². The lowest BCUT2D eigenvalue weighted by Gasteiger charge is -2.31. The first-order chi connectivity index (χ1) is 10.2. The minimum absolute atomic E-state index is 0.193. The molecule has 0 radical (unpaired) electrons. The molecule has 21 heavy (non-hydrogen) atoms. The molecule has 0 bridgehead atoms. The average Bonchev–Trinajstić information content (AvgIpc) is 2.88. The van der Waals surface area contributed by atoms with Gasteiger partial charge in [0, 0.05) is 17.4 Å². The molecule has 2 fully saturated rings. The van der Waals surface area contributed by atoms with Gasteiger partial charge >= 0.3 is 0 Å². The van der Waals surface area contributed by atoms with E-state index in [1.54, 1.807) is 12.7 Å². The number of aromatic nitrogens is 3. The molecule has 4 rings (SSSR count). The zero-order chi connectivity index (χ0) is 14.5. The Kier molecular flexibility index (Phi) is 3.03. The standard InChI is InChI=1S/C15H16Cl2N4/c16-12-2-1-11(5-13(12)17)15-3-4-18-7-14(15,6-15)8-21-10-19-9-20-21/h1-2,5,9-10,18H,3-4,6-8H2. The fourth-order valence-electron chi connectivity index (χ4n) is 3.98. The van der Waals surface area contributed by atoms with Crippen LogP contribution in [0.4, 0.5) is 0 Å². The maximum Gasteiger partial charge on any atom is 0.137 e. The number of benzene rings is 1. The summed E-state index contributed by atoms with van der Waals surface area (Å²) in [4.78, 5) is 4.05. The Morgan fingerprint density at radius 2 is 2.19 bits per heavy atom. The molecule has 110 valence electrons. The lowest BCUT2D eigenvalue weighted by atomic mass is 9.81. The van der Waals surface area contributed by atoms with E-state index in [-0.39, 0.29) is 10.8 Å². The Balaban J connectivity index is 1.70. The number of halogens is 2. The second-order valence-corrected chi connectivity index (χ2v) is 7.00. The van der Waals surface area contributed by atoms with E-state index in [0.717, 1.165) is 32.5 Å². The summed E-state index contributed by atoms with van der Waals surface area (Å²) in [6.07, 6.45) is 5.67. The molecule has 0 spiro atoms. The van der Waals surface area contributed by atoms with E-state index in [1.165, 1.54) is 5.56 Å². The number of fused-ring (bicyclic) bond motifs is 1. The Hall–Kier alpha value is -1.10. The molecule has 1 saturated carbocycles. The summed E-state index contributed by atoms with van der Waals surface area (Å²) in [5, 5.41) is 9.06. The lowest BCUT2D eigenvalue weighted by Crippen LogP contribution is -2.40. The van der Waals surface area contributed by atoms with Crippen LogP contribution in [0, 0.1) is 5.41 Å². The molecule has 2 aromatic rings. The number of nitrogens with one attached hydrogen (secondary N) is 1. The fraction of sp³-hybridized carbons (Fsp3) is 0.467. The van der Waals surface area contributed by atoms with Crippen LogP contribution in [0.5, 0.6) is 0 Å². The van der Waals surface area contributed by atoms with Gasteiger partial charge in [0.2, 0.25) is 0 Å². The first kappa shape index (κ1) is 13.6. The number of rotatable bonds is 3. The van der Waals surface area contributed by atoms with Crippen LogP contribution in [0.1, 0.15) is 18.4 Å². The molecule has 2 atom stereocenters. The number of piperidine rings is 1. The summed E-state index contributed by atoms with van der Waals surface area (Å²) in [6.45, 7) is 2.94. The molecule has 0 amide bonds. The van der Waals surface area contributed by atoms with Crippen molar-refractivity contribution in [3.8, 4) is 0 Å². The van der Waals surface area contributed by atoms with E-state index in [4.69, 9.17) is 23.2 Å². The van der Waals surface area contributed by atoms with Crippen molar-refractivity contribution in [3.63, 3.8) is 0 Å². The highest BCUT2D eigenvalue weighted by Gasteiger charge is 2.68. The van der Waals surface area contributed by atoms with Crippen molar-refractivity contribution in [2.24, 2.45) is 5.41 Å². The summed E-state index contributed by atoms with van der Waals surface area (Å²) in [5.41, 5.74) is 1.70. The highest BCUT2D eigenvalue weighted by molar-refractivity contribution is 6.42. The van der Waals surface area contributed by atoms with Crippen molar-refractivity contribution in [1.29, 1.82) is 0 Å². The Morgan fingerprint density at radius 1 is 1.29 bits per heavy atom. The second kappa shape index (κ2) is 4.70. The van der Waals surface area contributed by atoms with E-state index in [2.05, 4.69) is 21.5 Å². The van der Waals surface area contributed by atoms with Gasteiger partial charge in [-0.3, -0.25) is 4.68 Å². The van der Waals surface area contributed by atoms with Crippen LogP contribution in [0.2, 0.25) is 10.0 Å². The summed E-state index contributed by atoms with van der Waals surface area (Å²) in [6, 6.07) is 6.08. The normalized spacial score (nSPS) is 31.0. The highest BCUT2D eigenvalue weighted by atomic mass is 35.5. The molecule has 6 heteroatoms. The van der Waals surface area contributed by atoms with Crippen LogP contribution in [0.15, 0.2) is 30.9 Å². The Morgan fingerprint density at radius 3 is 2.95 bits per heavy atom. The third-order valence-corrected chi connectivity index (χ3v) is 5.86. The van der Waals surface area contributed by atoms with Gasteiger partial charge in [0.15, 0.2) is 0 Å². The summed E-state index contributed by atoms with van der Waals surface area (Å²) in [7, 11) is 0. The van der Waals surface area contributed by atoms with Crippen molar-refractivity contribution < 1.29 is 0 Å². The van der Waals surface area contributed by atoms with Crippen LogP contribution in [0.25, 0.3) is 0 Å². The molecule has 1 aliphatic heterocycles. The summed E-state index contributed by atoms with van der Waals surface area (Å²) in [5.74, 6) is 0. The Bertz CT molecular complexity index is 672. The first-order valence-electron chi connectivity index (χ1n) is 7.14. The monoisotopic (exact) mass is 322 g/mol. The smallest absolute Gasteiger partial charge is 0.137 e. The van der Waals surface area contributed by atoms with Gasteiger partial charge in [-0.2, -0.15) is 5.10 Å². The second-order valence-electron chi connectivity index (χ2n) is 6.19. The van der Waals surface area contributed by atoms with Gasteiger partial charge in [0.05, 0.1) is 16.6 Å². The summed E-state index contributed by atoms with van der Waals surface area (Å²) >= 11 is 12.3. The van der Waals surface area contributed by atoms with Gasteiger partial charge in [-0.05, 0) is 37.1 Å². The quantitative estimate of drug-likeness (QED) is 0.944. The SMILES string of the molecule is Clc1ccc(C23CCNCC2(Cn2cncn2)C3)cc1Cl. The van der Waals surface area contributed by atoms with Gasteiger partial charge in [-0.15, -0.1) is 0 Å². The lowest BCUT2D eigenvalue weighted by molar-refractivity contribution is 0.275. The molecular weight excluding hydrogens is 307 g/mol. The van der Waals surface area contributed by atoms with Gasteiger partial charge in [-0.25, -0.2) is 4.98 Å². The molecular formula is C15H16Cl2N4. The van der Waals surface area contributed by atoms with Crippen molar-refractivity contribution in [3.05, 3.63) is 46.5 Å². The van der Waals surface area contributed by atoms with Crippen molar-refractivity contribution in [2.45, 2.75) is 24.8 Å². The molecule has 1 N–H and O–H groups in total. The molecule has 2 unspecified atom stereocenters. The molecule has 1 aliphatic carbocycles. The van der Waals surface area contributed by atoms with Crippen molar-refractivity contribution >= 4 is 23.2 Å². The molecule has 2 heterocycles. The van der Waals surface area contributed by atoms with Crippen LogP contribution < -0.4 is 5.32 Å². The van der Waals surface area contributed by atoms with E-state index in [0.29, 0.717) is 10.0 Å². The minimum atomic E-state index is 0.193. The van der Waals surface area contributed by atoms with E-state index >= 15 is 0 Å². The van der Waals surface area contributed by atoms with Gasteiger partial charge < -0.3 is 5.32 Å². The van der Waals surface area contributed by atoms with Gasteiger partial charge in [-0.1, -0.05) is 29.3 Å². The number of nitrogens with zero attached hydrogens (tertiary/aromatic N) is 3. The minimum Gasteiger partial charge on any atom is -0.316 e. The molecule has 1 saturated heterocycles. The predicted molar refractivity (Wildman–Crippen MR) is 82.7 cm³/mol. The predicted octanol–water partition coefficient (Wildman–Crippen LogP) is 2.91. The average molecular weight is 323 g/mol. The largest absolute Gasteiger partial charge is 0.316 e. The van der Waals surface area contributed by atoms with Crippen LogP contribution >= 0.6 is 23.2 Å². The third-order valence-electron chi connectivity index (χ3n) is 5.13. The van der Waals surface area contributed by atoms with Gasteiger partial charge in [0.25, 0.3) is 0 Å². The van der Waals surface area contributed by atoms with Crippen LogP contribution in [-0.2, 0) is 12.0 Å². The topological polar surface area (TPSA) is 42.7 Å². The highest BCUT2D eigenvalue weighted by Crippen LogP contribution is 2.68. The first-order valence-corrected chi connectivity index (χ1v) is 7.90. The third kappa shape index (κ3) is 2.00. The van der Waals surface area contributed by atoms with Crippen LogP contribution in [0.3, 0.4) is 0 Å². The maximum atomic E-state index is 6.23. The number of hydrogen-bond donors (Lipinski definition) is 1. The van der Waals surface area contributed by atoms with Crippen molar-refractivity contribution in [1.82, 2.24) is 20.1 Å². The maximum absolute atomic E-state index is 6.23. The Labute approximate surface area is 133 Å². The van der Waals surface area contributed by atoms with E-state index in [1.807, 2.05) is 16.8 Å². The molecule has 1 aromatic carbocycles. The molecule has 4 nitrogen and oxygen atoms in total. The fourth-order valence-corrected chi connectivity index (χ4v) is 4.28. The summed E-state index contributed by atoms with van der Waals surface area (Å²) < 4.78 is 1.94.